The van der Waals surface area contributed by atoms with Crippen molar-refractivity contribution in [3.05, 3.63) is 41.0 Å². The second-order valence-corrected chi connectivity index (χ2v) is 14.3. The van der Waals surface area contributed by atoms with Crippen molar-refractivity contribution in [1.29, 1.82) is 0 Å². The molecule has 0 spiro atoms. The normalized spacial score (nSPS) is 29.5. The van der Waals surface area contributed by atoms with Gasteiger partial charge in [0.15, 0.2) is 29.6 Å². The topological polar surface area (TPSA) is 213 Å². The first kappa shape index (κ1) is 37.4. The molecule has 0 aromatic heterocycles. The van der Waals surface area contributed by atoms with Crippen molar-refractivity contribution < 1.29 is 72.6 Å². The van der Waals surface area contributed by atoms with Gasteiger partial charge in [-0.3, -0.25) is 9.59 Å². The Morgan fingerprint density at radius 1 is 1.00 bits per heavy atom. The molecule has 0 aliphatic carbocycles. The summed E-state index contributed by atoms with van der Waals surface area (Å²) in [5.74, 6) is 1.03. The molecular formula is C37H47NO15. The third-order valence-electron chi connectivity index (χ3n) is 10.1. The number of aliphatic carboxylic acids is 1. The van der Waals surface area contributed by atoms with Crippen molar-refractivity contribution in [2.45, 2.75) is 107 Å². The monoisotopic (exact) mass is 745 g/mol. The van der Waals surface area contributed by atoms with Crippen molar-refractivity contribution in [2.24, 2.45) is 11.7 Å². The number of hydrogen-bond acceptors (Lipinski definition) is 15. The predicted octanol–water partition coefficient (Wildman–Crippen LogP) is 2.67. The molecular weight excluding hydrogens is 698 g/mol. The van der Waals surface area contributed by atoms with Gasteiger partial charge in [0.25, 0.3) is 0 Å². The van der Waals surface area contributed by atoms with Gasteiger partial charge in [0.1, 0.15) is 48.4 Å². The van der Waals surface area contributed by atoms with Gasteiger partial charge in [0.2, 0.25) is 6.79 Å². The van der Waals surface area contributed by atoms with Gasteiger partial charge in [-0.05, 0) is 61.8 Å². The van der Waals surface area contributed by atoms with Gasteiger partial charge in [-0.15, -0.1) is 0 Å². The molecule has 0 saturated carbocycles. The molecule has 2 fully saturated rings. The number of carboxylic acids is 1. The van der Waals surface area contributed by atoms with Crippen LogP contribution >= 0.6 is 0 Å². The summed E-state index contributed by atoms with van der Waals surface area (Å²) >= 11 is 0. The lowest BCUT2D eigenvalue weighted by atomic mass is 9.87. The smallest absolute Gasteiger partial charge is 0.317 e. The molecule has 5 N–H and O–H groups in total. The number of aliphatic hydroxyl groups is 2. The highest BCUT2D eigenvalue weighted by Crippen LogP contribution is 2.55. The zero-order chi connectivity index (χ0) is 37.2. The maximum Gasteiger partial charge on any atom is 0.317 e. The van der Waals surface area contributed by atoms with E-state index in [2.05, 4.69) is 13.8 Å². The van der Waals surface area contributed by atoms with E-state index in [0.717, 1.165) is 28.9 Å². The summed E-state index contributed by atoms with van der Waals surface area (Å²) in [6, 6.07) is 7.42. The van der Waals surface area contributed by atoms with Gasteiger partial charge in [0.05, 0.1) is 25.2 Å². The maximum absolute atomic E-state index is 12.4. The van der Waals surface area contributed by atoms with E-state index in [-0.39, 0.29) is 51.4 Å². The Balaban J connectivity index is 1.15. The number of aliphatic hydroxyl groups excluding tert-OH is 2. The minimum absolute atomic E-state index is 0.0299. The Morgan fingerprint density at radius 2 is 1.81 bits per heavy atom. The van der Waals surface area contributed by atoms with Crippen LogP contribution in [0.2, 0.25) is 0 Å². The molecule has 0 unspecified atom stereocenters. The highest BCUT2D eigenvalue weighted by atomic mass is 17.2. The molecule has 2 aromatic rings. The second-order valence-electron chi connectivity index (χ2n) is 14.3. The highest BCUT2D eigenvalue weighted by molar-refractivity contribution is 5.90. The standard InChI is InChI=1S/C37H47NO15/c1-18(2)3-4-19-11-21(12-23-32(19)45-16-24-22-13-27-28(47-17-46-27)14-26(22)50-33(23)24)52-53-36-31(43)35-34(51-37(36)44-10-8-38)25(49-30(42)15-29(40)41)6-5-20(48-35)7-9-39/h11-14,18,20,24-25,31,33-37,39,43H,3-10,15-17,38H2,1-2H3,(H,40,41)/t20-,24+,25+,31+,33-,34-,35-,36+,37-/m1/s1. The lowest BCUT2D eigenvalue weighted by molar-refractivity contribution is -0.379. The van der Waals surface area contributed by atoms with E-state index in [1.165, 1.54) is 0 Å². The molecule has 53 heavy (non-hydrogen) atoms. The minimum atomic E-state index is -1.44. The Bertz CT molecular complexity index is 1640. The largest absolute Gasteiger partial charge is 0.492 e. The van der Waals surface area contributed by atoms with Crippen molar-refractivity contribution in [1.82, 2.24) is 0 Å². The average molecular weight is 746 g/mol. The van der Waals surface area contributed by atoms with Crippen molar-refractivity contribution in [2.75, 3.05) is 33.2 Å². The summed E-state index contributed by atoms with van der Waals surface area (Å²) in [6.45, 7) is 4.82. The number of carbonyl (C=O) groups excluding carboxylic acids is 1. The molecule has 290 valence electrons. The molecule has 2 saturated heterocycles. The molecule has 0 radical (unpaired) electrons. The molecule has 5 heterocycles. The van der Waals surface area contributed by atoms with Crippen LogP contribution < -0.4 is 29.6 Å². The van der Waals surface area contributed by atoms with Gasteiger partial charge in [-0.1, -0.05) is 13.8 Å². The van der Waals surface area contributed by atoms with E-state index in [4.69, 9.17) is 58.5 Å². The number of rotatable bonds is 14. The van der Waals surface area contributed by atoms with Crippen molar-refractivity contribution >= 4 is 11.9 Å². The summed E-state index contributed by atoms with van der Waals surface area (Å²) in [5.41, 5.74) is 8.39. The van der Waals surface area contributed by atoms with Gasteiger partial charge in [-0.25, -0.2) is 0 Å². The summed E-state index contributed by atoms with van der Waals surface area (Å²) in [5, 5.41) is 30.6. The molecule has 9 atom stereocenters. The van der Waals surface area contributed by atoms with E-state index in [9.17, 15) is 19.8 Å². The Labute approximate surface area is 306 Å². The number of carbonyl (C=O) groups is 2. The zero-order valence-corrected chi connectivity index (χ0v) is 29.7. The summed E-state index contributed by atoms with van der Waals surface area (Å²) in [4.78, 5) is 35.6. The summed E-state index contributed by atoms with van der Waals surface area (Å²) in [6.07, 6.45) is -6.50. The Hall–Kier alpha value is -3.90. The Morgan fingerprint density at radius 3 is 2.57 bits per heavy atom. The van der Waals surface area contributed by atoms with E-state index in [1.807, 2.05) is 18.2 Å². The van der Waals surface area contributed by atoms with Crippen molar-refractivity contribution in [3.8, 4) is 28.7 Å². The van der Waals surface area contributed by atoms with Crippen LogP contribution in [0.15, 0.2) is 24.3 Å². The molecule has 2 aromatic carbocycles. The van der Waals surface area contributed by atoms with Gasteiger partial charge in [0, 0.05) is 30.3 Å². The van der Waals surface area contributed by atoms with E-state index < -0.39 is 61.3 Å². The molecule has 0 amide bonds. The molecule has 0 bridgehead atoms. The number of esters is 1. The van der Waals surface area contributed by atoms with Crippen LogP contribution in [-0.2, 0) is 39.8 Å². The van der Waals surface area contributed by atoms with Gasteiger partial charge in [-0.2, -0.15) is 4.89 Å². The fraction of sp³-hybridized carbons (Fsp3) is 0.622. The number of benzene rings is 2. The van der Waals surface area contributed by atoms with Crippen LogP contribution in [0.1, 0.15) is 74.7 Å². The fourth-order valence-corrected chi connectivity index (χ4v) is 7.55. The maximum atomic E-state index is 12.4. The highest BCUT2D eigenvalue weighted by Gasteiger charge is 2.54. The zero-order valence-electron chi connectivity index (χ0n) is 29.7. The molecule has 16 heteroatoms. The number of fused-ring (bicyclic) bond motifs is 7. The van der Waals surface area contributed by atoms with Crippen LogP contribution in [0.4, 0.5) is 0 Å². The van der Waals surface area contributed by atoms with Crippen molar-refractivity contribution in [3.63, 3.8) is 0 Å². The van der Waals surface area contributed by atoms with E-state index in [1.54, 1.807) is 6.07 Å². The number of carboxylic acid groups (broad SMARTS) is 1. The number of ether oxygens (including phenoxy) is 8. The average Bonchev–Trinajstić information content (AvgIpc) is 3.69. The minimum Gasteiger partial charge on any atom is -0.492 e. The lowest BCUT2D eigenvalue weighted by Crippen LogP contribution is -2.63. The summed E-state index contributed by atoms with van der Waals surface area (Å²) in [7, 11) is 0. The van der Waals surface area contributed by atoms with Crippen LogP contribution in [-0.4, -0.2) is 103 Å². The van der Waals surface area contributed by atoms with E-state index in [0.29, 0.717) is 48.4 Å². The molecule has 5 aliphatic heterocycles. The SMILES string of the molecule is CC(C)CCc1cc(OO[C@@H]2[C@H](OCCN)O[C@H]3[C@H](O[C@@H](CCO)CC[C@@H]3OC(=O)CC(=O)O)[C@@H]2O)cc2c1OC[C@H]1c3cc4c(cc3O[C@H]21)OCO4. The quantitative estimate of drug-likeness (QED) is 0.0947. The van der Waals surface area contributed by atoms with Gasteiger partial charge < -0.3 is 63.8 Å². The molecule has 16 nitrogen and oxygen atoms in total. The molecule has 5 aliphatic rings. The number of hydrogen-bond donors (Lipinski definition) is 4. The first-order chi connectivity index (χ1) is 25.6. The van der Waals surface area contributed by atoms with Crippen LogP contribution in [0.3, 0.4) is 0 Å². The van der Waals surface area contributed by atoms with Crippen LogP contribution in [0, 0.1) is 5.92 Å². The second kappa shape index (κ2) is 16.2. The predicted molar refractivity (Wildman–Crippen MR) is 181 cm³/mol. The fourth-order valence-electron chi connectivity index (χ4n) is 7.55. The lowest BCUT2D eigenvalue weighted by Gasteiger charge is -2.44. The Kier molecular flexibility index (Phi) is 11.5. The van der Waals surface area contributed by atoms with Gasteiger partial charge >= 0.3 is 11.9 Å². The summed E-state index contributed by atoms with van der Waals surface area (Å²) < 4.78 is 48.1. The van der Waals surface area contributed by atoms with Crippen LogP contribution in [0.5, 0.6) is 28.7 Å². The molecule has 7 rings (SSSR count). The first-order valence-electron chi connectivity index (χ1n) is 18.2. The third kappa shape index (κ3) is 7.99. The number of nitrogens with two attached hydrogens (primary N) is 1. The van der Waals surface area contributed by atoms with E-state index >= 15 is 0 Å². The third-order valence-corrected chi connectivity index (χ3v) is 10.1. The first-order valence-corrected chi connectivity index (χ1v) is 18.2. The number of aryl methyl sites for hydroxylation is 1. The van der Waals surface area contributed by atoms with Crippen LogP contribution in [0.25, 0.3) is 0 Å².